The third-order valence-electron chi connectivity index (χ3n) is 4.07. The quantitative estimate of drug-likeness (QED) is 0.722. The maximum atomic E-state index is 12.6. The van der Waals surface area contributed by atoms with E-state index in [1.807, 2.05) is 49.4 Å². The summed E-state index contributed by atoms with van der Waals surface area (Å²) >= 11 is 1.40. The summed E-state index contributed by atoms with van der Waals surface area (Å²) in [5.41, 5.74) is 1.89. The van der Waals surface area contributed by atoms with Crippen molar-refractivity contribution in [2.75, 3.05) is 19.8 Å². The molecule has 5 heteroatoms. The molecule has 0 radical (unpaired) electrons. The molecule has 0 bridgehead atoms. The molecule has 0 aliphatic carbocycles. The Bertz CT molecular complexity index is 732. The lowest BCUT2D eigenvalue weighted by Gasteiger charge is -2.16. The molecule has 0 saturated carbocycles. The average Bonchev–Trinajstić information content (AvgIpc) is 2.65. The second-order valence-corrected chi connectivity index (χ2v) is 7.49. The smallest absolute Gasteiger partial charge is 0.252 e. The van der Waals surface area contributed by atoms with Crippen LogP contribution in [0, 0.1) is 0 Å². The van der Waals surface area contributed by atoms with Gasteiger partial charge in [0.05, 0.1) is 11.3 Å². The summed E-state index contributed by atoms with van der Waals surface area (Å²) in [6.07, 6.45) is 1.81. The molecule has 4 nitrogen and oxygen atoms in total. The van der Waals surface area contributed by atoms with Crippen LogP contribution >= 0.6 is 11.8 Å². The fourth-order valence-corrected chi connectivity index (χ4v) is 3.48. The van der Waals surface area contributed by atoms with E-state index in [2.05, 4.69) is 17.4 Å². The van der Waals surface area contributed by atoms with Crippen molar-refractivity contribution < 1.29 is 9.59 Å². The molecule has 0 aliphatic heterocycles. The topological polar surface area (TPSA) is 49.4 Å². The highest BCUT2D eigenvalue weighted by Crippen LogP contribution is 2.23. The summed E-state index contributed by atoms with van der Waals surface area (Å²) in [5.74, 6) is 0.258. The second-order valence-electron chi connectivity index (χ2n) is 6.47. The van der Waals surface area contributed by atoms with Crippen LogP contribution in [0.4, 0.5) is 0 Å². The SMILES string of the molecule is CC(CCc1ccccc1)NC(=O)c1ccccc1SCC(=O)N(C)C. The fraction of sp³-hybridized carbons (Fsp3) is 0.333. The maximum Gasteiger partial charge on any atom is 0.252 e. The lowest BCUT2D eigenvalue weighted by atomic mass is 10.1. The highest BCUT2D eigenvalue weighted by atomic mass is 32.2. The summed E-state index contributed by atoms with van der Waals surface area (Å²) in [7, 11) is 3.46. The van der Waals surface area contributed by atoms with Crippen molar-refractivity contribution in [2.45, 2.75) is 30.7 Å². The van der Waals surface area contributed by atoms with E-state index in [1.165, 1.54) is 17.3 Å². The zero-order valence-corrected chi connectivity index (χ0v) is 16.4. The number of aryl methyl sites for hydroxylation is 1. The van der Waals surface area contributed by atoms with Crippen LogP contribution in [0.25, 0.3) is 0 Å². The predicted molar refractivity (Wildman–Crippen MR) is 108 cm³/mol. The number of benzene rings is 2. The van der Waals surface area contributed by atoms with Crippen LogP contribution < -0.4 is 5.32 Å². The Labute approximate surface area is 160 Å². The van der Waals surface area contributed by atoms with Crippen molar-refractivity contribution in [3.8, 4) is 0 Å². The molecule has 1 N–H and O–H groups in total. The van der Waals surface area contributed by atoms with Gasteiger partial charge in [-0.25, -0.2) is 0 Å². The zero-order valence-electron chi connectivity index (χ0n) is 15.6. The number of amides is 2. The van der Waals surface area contributed by atoms with E-state index in [0.29, 0.717) is 11.3 Å². The van der Waals surface area contributed by atoms with Gasteiger partial charge in [0.1, 0.15) is 0 Å². The lowest BCUT2D eigenvalue weighted by molar-refractivity contribution is -0.125. The van der Waals surface area contributed by atoms with Crippen LogP contribution in [0.5, 0.6) is 0 Å². The Kier molecular flexibility index (Phi) is 7.73. The van der Waals surface area contributed by atoms with Gasteiger partial charge in [0.25, 0.3) is 5.91 Å². The average molecular weight is 371 g/mol. The van der Waals surface area contributed by atoms with Gasteiger partial charge in [-0.1, -0.05) is 42.5 Å². The van der Waals surface area contributed by atoms with E-state index < -0.39 is 0 Å². The third-order valence-corrected chi connectivity index (χ3v) is 5.13. The molecule has 2 aromatic rings. The van der Waals surface area contributed by atoms with Crippen molar-refractivity contribution in [1.82, 2.24) is 10.2 Å². The molecule has 0 aliphatic rings. The van der Waals surface area contributed by atoms with Crippen LogP contribution in [0.2, 0.25) is 0 Å². The van der Waals surface area contributed by atoms with Gasteiger partial charge >= 0.3 is 0 Å². The van der Waals surface area contributed by atoms with Crippen LogP contribution in [0.1, 0.15) is 29.3 Å². The summed E-state index contributed by atoms with van der Waals surface area (Å²) < 4.78 is 0. The normalized spacial score (nSPS) is 11.7. The molecule has 0 heterocycles. The molecular weight excluding hydrogens is 344 g/mol. The molecule has 2 amide bonds. The molecule has 0 aromatic heterocycles. The van der Waals surface area contributed by atoms with Gasteiger partial charge in [-0.15, -0.1) is 11.8 Å². The Morgan fingerprint density at radius 1 is 1.04 bits per heavy atom. The lowest BCUT2D eigenvalue weighted by Crippen LogP contribution is -2.33. The van der Waals surface area contributed by atoms with Gasteiger partial charge in [0.15, 0.2) is 0 Å². The number of thioether (sulfide) groups is 1. The van der Waals surface area contributed by atoms with E-state index in [0.717, 1.165) is 17.7 Å². The van der Waals surface area contributed by atoms with E-state index in [1.54, 1.807) is 19.0 Å². The van der Waals surface area contributed by atoms with Crippen LogP contribution in [-0.4, -0.2) is 42.6 Å². The number of nitrogens with one attached hydrogen (secondary N) is 1. The van der Waals surface area contributed by atoms with Gasteiger partial charge < -0.3 is 10.2 Å². The standard InChI is InChI=1S/C21H26N2O2S/c1-16(13-14-17-9-5-4-6-10-17)22-21(25)18-11-7-8-12-19(18)26-15-20(24)23(2)3/h4-12,16H,13-15H2,1-3H3,(H,22,25). The van der Waals surface area contributed by atoms with Gasteiger partial charge in [-0.3, -0.25) is 9.59 Å². The molecule has 1 unspecified atom stereocenters. The van der Waals surface area contributed by atoms with Crippen LogP contribution in [0.3, 0.4) is 0 Å². The predicted octanol–water partition coefficient (Wildman–Crippen LogP) is 3.62. The molecule has 26 heavy (non-hydrogen) atoms. The zero-order chi connectivity index (χ0) is 18.9. The number of nitrogens with zero attached hydrogens (tertiary/aromatic N) is 1. The molecule has 0 spiro atoms. The summed E-state index contributed by atoms with van der Waals surface area (Å²) in [6.45, 7) is 2.02. The van der Waals surface area contributed by atoms with Gasteiger partial charge in [-0.05, 0) is 37.5 Å². The van der Waals surface area contributed by atoms with E-state index in [-0.39, 0.29) is 17.9 Å². The van der Waals surface area contributed by atoms with Gasteiger partial charge in [-0.2, -0.15) is 0 Å². The fourth-order valence-electron chi connectivity index (χ4n) is 2.45. The molecule has 1 atom stereocenters. The van der Waals surface area contributed by atoms with Crippen molar-refractivity contribution in [2.24, 2.45) is 0 Å². The molecule has 2 aromatic carbocycles. The Morgan fingerprint density at radius 2 is 1.69 bits per heavy atom. The van der Waals surface area contributed by atoms with E-state index in [9.17, 15) is 9.59 Å². The Morgan fingerprint density at radius 3 is 2.38 bits per heavy atom. The number of carbonyl (C=O) groups is 2. The second kappa shape index (κ2) is 10.0. The maximum absolute atomic E-state index is 12.6. The molecule has 0 saturated heterocycles. The Balaban J connectivity index is 1.93. The monoisotopic (exact) mass is 370 g/mol. The molecule has 138 valence electrons. The van der Waals surface area contributed by atoms with E-state index >= 15 is 0 Å². The minimum absolute atomic E-state index is 0.0291. The Hall–Kier alpha value is -2.27. The highest BCUT2D eigenvalue weighted by molar-refractivity contribution is 8.00. The number of rotatable bonds is 8. The summed E-state index contributed by atoms with van der Waals surface area (Å²) in [6, 6.07) is 17.8. The molecular formula is C21H26N2O2S. The summed E-state index contributed by atoms with van der Waals surface area (Å²) in [4.78, 5) is 26.8. The van der Waals surface area contributed by atoms with Crippen molar-refractivity contribution in [1.29, 1.82) is 0 Å². The molecule has 2 rings (SSSR count). The van der Waals surface area contributed by atoms with E-state index in [4.69, 9.17) is 0 Å². The van der Waals surface area contributed by atoms with Gasteiger partial charge in [0.2, 0.25) is 5.91 Å². The van der Waals surface area contributed by atoms with Crippen molar-refractivity contribution >= 4 is 23.6 Å². The largest absolute Gasteiger partial charge is 0.350 e. The summed E-state index contributed by atoms with van der Waals surface area (Å²) in [5, 5.41) is 3.07. The minimum atomic E-state index is -0.0917. The highest BCUT2D eigenvalue weighted by Gasteiger charge is 2.15. The van der Waals surface area contributed by atoms with Gasteiger partial charge in [0, 0.05) is 25.0 Å². The first-order valence-corrected chi connectivity index (χ1v) is 9.72. The first-order chi connectivity index (χ1) is 12.5. The number of hydrogen-bond donors (Lipinski definition) is 1. The van der Waals surface area contributed by atoms with Crippen LogP contribution in [0.15, 0.2) is 59.5 Å². The van der Waals surface area contributed by atoms with Crippen LogP contribution in [-0.2, 0) is 11.2 Å². The van der Waals surface area contributed by atoms with Crippen molar-refractivity contribution in [3.63, 3.8) is 0 Å². The number of hydrogen-bond acceptors (Lipinski definition) is 3. The minimum Gasteiger partial charge on any atom is -0.350 e. The third kappa shape index (κ3) is 6.23. The van der Waals surface area contributed by atoms with Crippen molar-refractivity contribution in [3.05, 3.63) is 65.7 Å². The first kappa shape index (κ1) is 20.0. The first-order valence-electron chi connectivity index (χ1n) is 8.74. The molecule has 0 fully saturated rings. The number of carbonyl (C=O) groups excluding carboxylic acids is 2.